The second kappa shape index (κ2) is 5.38. The van der Waals surface area contributed by atoms with Crippen molar-refractivity contribution >= 4 is 12.0 Å². The Morgan fingerprint density at radius 1 is 1.35 bits per heavy atom. The van der Waals surface area contributed by atoms with Crippen LogP contribution in [0.15, 0.2) is 0 Å². The van der Waals surface area contributed by atoms with Gasteiger partial charge in [0.1, 0.15) is 5.54 Å². The highest BCUT2D eigenvalue weighted by Gasteiger charge is 2.37. The number of carboxylic acids is 1. The average molecular weight is 242 g/mol. The number of nitrogens with one attached hydrogen (secondary N) is 2. The number of carboxylic acid groups (broad SMARTS) is 1. The van der Waals surface area contributed by atoms with Crippen LogP contribution in [0.4, 0.5) is 4.79 Å². The van der Waals surface area contributed by atoms with Crippen molar-refractivity contribution in [1.29, 1.82) is 0 Å². The van der Waals surface area contributed by atoms with Crippen molar-refractivity contribution in [2.75, 3.05) is 0 Å². The minimum Gasteiger partial charge on any atom is -0.480 e. The molecule has 0 heterocycles. The minimum atomic E-state index is -1.15. The number of amides is 2. The van der Waals surface area contributed by atoms with Crippen LogP contribution in [0, 0.1) is 5.92 Å². The van der Waals surface area contributed by atoms with E-state index in [-0.39, 0.29) is 12.1 Å². The molecule has 17 heavy (non-hydrogen) atoms. The van der Waals surface area contributed by atoms with Gasteiger partial charge in [0, 0.05) is 6.04 Å². The molecule has 1 rings (SSSR count). The van der Waals surface area contributed by atoms with Crippen LogP contribution in [-0.4, -0.2) is 28.7 Å². The van der Waals surface area contributed by atoms with E-state index in [0.717, 1.165) is 12.8 Å². The summed E-state index contributed by atoms with van der Waals surface area (Å²) in [6, 6.07) is -0.259. The fraction of sp³-hybridized carbons (Fsp3) is 0.833. The first-order valence-electron chi connectivity index (χ1n) is 6.27. The maximum absolute atomic E-state index is 11.7. The molecule has 0 aromatic rings. The van der Waals surface area contributed by atoms with Crippen molar-refractivity contribution in [3.05, 3.63) is 0 Å². The molecule has 3 N–H and O–H groups in total. The number of urea groups is 1. The normalized spacial score (nSPS) is 17.4. The highest BCUT2D eigenvalue weighted by molar-refractivity contribution is 5.86. The number of aliphatic carboxylic acids is 1. The average Bonchev–Trinajstić information content (AvgIpc) is 3.09. The Kier molecular flexibility index (Phi) is 4.37. The summed E-state index contributed by atoms with van der Waals surface area (Å²) in [6.45, 7) is 5.49. The Balaban J connectivity index is 2.54. The van der Waals surface area contributed by atoms with Crippen molar-refractivity contribution in [2.45, 2.75) is 58.0 Å². The second-order valence-corrected chi connectivity index (χ2v) is 4.82. The summed E-state index contributed by atoms with van der Waals surface area (Å²) in [5.41, 5.74) is -1.15. The molecule has 0 bridgehead atoms. The smallest absolute Gasteiger partial charge is 0.329 e. The SMILES string of the molecule is CCC(CC)(NC(=O)NC(C)C1CC1)C(=O)O. The van der Waals surface area contributed by atoms with Crippen LogP contribution < -0.4 is 10.6 Å². The van der Waals surface area contributed by atoms with E-state index in [1.165, 1.54) is 0 Å². The molecule has 0 saturated heterocycles. The first-order valence-corrected chi connectivity index (χ1v) is 6.27. The number of carbonyl (C=O) groups excluding carboxylic acids is 1. The lowest BCUT2D eigenvalue weighted by Gasteiger charge is -2.28. The summed E-state index contributed by atoms with van der Waals surface area (Å²) in [4.78, 5) is 22.9. The van der Waals surface area contributed by atoms with Crippen molar-refractivity contribution in [1.82, 2.24) is 10.6 Å². The first-order chi connectivity index (χ1) is 7.95. The van der Waals surface area contributed by atoms with E-state index in [9.17, 15) is 14.7 Å². The summed E-state index contributed by atoms with van der Waals surface area (Å²) in [5.74, 6) is -0.417. The van der Waals surface area contributed by atoms with E-state index in [1.54, 1.807) is 13.8 Å². The van der Waals surface area contributed by atoms with Crippen molar-refractivity contribution < 1.29 is 14.7 Å². The lowest BCUT2D eigenvalue weighted by atomic mass is 9.93. The standard InChI is InChI=1S/C12H22N2O3/c1-4-12(5-2,10(15)16)14-11(17)13-8(3)9-6-7-9/h8-9H,4-7H2,1-3H3,(H,15,16)(H2,13,14,17). The van der Waals surface area contributed by atoms with Crippen LogP contribution in [0.5, 0.6) is 0 Å². The molecule has 5 nitrogen and oxygen atoms in total. The van der Waals surface area contributed by atoms with Crippen LogP contribution in [-0.2, 0) is 4.79 Å². The number of hydrogen-bond acceptors (Lipinski definition) is 2. The molecule has 0 aliphatic heterocycles. The Bertz CT molecular complexity index is 296. The quantitative estimate of drug-likeness (QED) is 0.663. The van der Waals surface area contributed by atoms with Gasteiger partial charge < -0.3 is 15.7 Å². The van der Waals surface area contributed by atoms with Gasteiger partial charge in [0.2, 0.25) is 0 Å². The topological polar surface area (TPSA) is 78.4 Å². The third kappa shape index (κ3) is 3.35. The number of carbonyl (C=O) groups is 2. The van der Waals surface area contributed by atoms with E-state index in [4.69, 9.17) is 0 Å². The van der Waals surface area contributed by atoms with Crippen LogP contribution in [0.2, 0.25) is 0 Å². The van der Waals surface area contributed by atoms with Gasteiger partial charge in [0.25, 0.3) is 0 Å². The summed E-state index contributed by atoms with van der Waals surface area (Å²) < 4.78 is 0. The molecule has 5 heteroatoms. The van der Waals surface area contributed by atoms with Gasteiger partial charge in [0.05, 0.1) is 0 Å². The van der Waals surface area contributed by atoms with Crippen LogP contribution >= 0.6 is 0 Å². The zero-order valence-corrected chi connectivity index (χ0v) is 10.7. The predicted octanol–water partition coefficient (Wildman–Crippen LogP) is 1.73. The number of hydrogen-bond donors (Lipinski definition) is 3. The summed E-state index contributed by atoms with van der Waals surface area (Å²) in [7, 11) is 0. The lowest BCUT2D eigenvalue weighted by Crippen LogP contribution is -2.57. The maximum atomic E-state index is 11.7. The zero-order chi connectivity index (χ0) is 13.1. The molecular formula is C12H22N2O3. The third-order valence-corrected chi connectivity index (χ3v) is 3.66. The summed E-state index contributed by atoms with van der Waals surface area (Å²) in [6.07, 6.45) is 3.05. The van der Waals surface area contributed by atoms with Crippen LogP contribution in [0.3, 0.4) is 0 Å². The molecule has 0 spiro atoms. The molecule has 1 aliphatic rings. The minimum absolute atomic E-state index is 0.121. The molecule has 1 unspecified atom stereocenters. The molecule has 1 atom stereocenters. The van der Waals surface area contributed by atoms with Crippen LogP contribution in [0.1, 0.15) is 46.5 Å². The van der Waals surface area contributed by atoms with E-state index in [2.05, 4.69) is 10.6 Å². The Morgan fingerprint density at radius 2 is 1.88 bits per heavy atom. The lowest BCUT2D eigenvalue weighted by molar-refractivity contribution is -0.144. The predicted molar refractivity (Wildman–Crippen MR) is 64.8 cm³/mol. The number of rotatable bonds is 6. The van der Waals surface area contributed by atoms with Gasteiger partial charge in [-0.15, -0.1) is 0 Å². The molecule has 2 amide bonds. The second-order valence-electron chi connectivity index (χ2n) is 4.82. The Morgan fingerprint density at radius 3 is 2.24 bits per heavy atom. The Hall–Kier alpha value is -1.26. The van der Waals surface area contributed by atoms with Gasteiger partial charge in [-0.3, -0.25) is 0 Å². The summed E-state index contributed by atoms with van der Waals surface area (Å²) in [5, 5.41) is 14.6. The van der Waals surface area contributed by atoms with Gasteiger partial charge in [-0.25, -0.2) is 9.59 Å². The van der Waals surface area contributed by atoms with E-state index in [0.29, 0.717) is 18.8 Å². The van der Waals surface area contributed by atoms with Crippen molar-refractivity contribution in [2.24, 2.45) is 5.92 Å². The zero-order valence-electron chi connectivity index (χ0n) is 10.7. The molecular weight excluding hydrogens is 220 g/mol. The van der Waals surface area contributed by atoms with Crippen molar-refractivity contribution in [3.63, 3.8) is 0 Å². The fourth-order valence-electron chi connectivity index (χ4n) is 1.96. The molecule has 1 fully saturated rings. The van der Waals surface area contributed by atoms with Gasteiger partial charge >= 0.3 is 12.0 Å². The highest BCUT2D eigenvalue weighted by Crippen LogP contribution is 2.32. The molecule has 0 aromatic heterocycles. The van der Waals surface area contributed by atoms with Gasteiger partial charge in [-0.1, -0.05) is 13.8 Å². The fourth-order valence-corrected chi connectivity index (χ4v) is 1.96. The van der Waals surface area contributed by atoms with Gasteiger partial charge in [0.15, 0.2) is 0 Å². The highest BCUT2D eigenvalue weighted by atomic mass is 16.4. The van der Waals surface area contributed by atoms with Gasteiger partial charge in [-0.05, 0) is 38.5 Å². The molecule has 1 aliphatic carbocycles. The van der Waals surface area contributed by atoms with E-state index in [1.807, 2.05) is 6.92 Å². The largest absolute Gasteiger partial charge is 0.480 e. The molecule has 1 saturated carbocycles. The Labute approximate surface area is 102 Å². The van der Waals surface area contributed by atoms with Crippen LogP contribution in [0.25, 0.3) is 0 Å². The molecule has 0 aromatic carbocycles. The summed E-state index contributed by atoms with van der Waals surface area (Å²) >= 11 is 0. The van der Waals surface area contributed by atoms with Gasteiger partial charge in [-0.2, -0.15) is 0 Å². The van der Waals surface area contributed by atoms with E-state index < -0.39 is 11.5 Å². The third-order valence-electron chi connectivity index (χ3n) is 3.66. The van der Waals surface area contributed by atoms with E-state index >= 15 is 0 Å². The molecule has 98 valence electrons. The maximum Gasteiger partial charge on any atom is 0.329 e. The van der Waals surface area contributed by atoms with Crippen molar-refractivity contribution in [3.8, 4) is 0 Å². The molecule has 0 radical (unpaired) electrons. The first kappa shape index (κ1) is 13.8. The monoisotopic (exact) mass is 242 g/mol.